The van der Waals surface area contributed by atoms with Gasteiger partial charge in [0.2, 0.25) is 11.8 Å². The molecule has 0 bridgehead atoms. The Kier molecular flexibility index (Phi) is 4.04. The Labute approximate surface area is 129 Å². The van der Waals surface area contributed by atoms with E-state index in [-0.39, 0.29) is 17.7 Å². The molecular formula is C17H19N3O2. The van der Waals surface area contributed by atoms with Gasteiger partial charge in [0.1, 0.15) is 0 Å². The van der Waals surface area contributed by atoms with E-state index in [1.165, 1.54) is 0 Å². The van der Waals surface area contributed by atoms with E-state index in [2.05, 4.69) is 4.98 Å². The van der Waals surface area contributed by atoms with Crippen LogP contribution in [-0.2, 0) is 16.0 Å². The number of benzene rings is 1. The Balaban J connectivity index is 1.70. The summed E-state index contributed by atoms with van der Waals surface area (Å²) in [6.07, 6.45) is 3.41. The molecule has 1 aliphatic heterocycles. The minimum Gasteiger partial charge on any atom is -0.369 e. The lowest BCUT2D eigenvalue weighted by molar-refractivity contribution is -0.134. The summed E-state index contributed by atoms with van der Waals surface area (Å²) >= 11 is 0. The van der Waals surface area contributed by atoms with Gasteiger partial charge >= 0.3 is 0 Å². The van der Waals surface area contributed by atoms with Crippen molar-refractivity contribution < 1.29 is 9.59 Å². The van der Waals surface area contributed by atoms with Crippen LogP contribution in [0.4, 0.5) is 0 Å². The third-order valence-electron chi connectivity index (χ3n) is 4.31. The number of hydrogen-bond acceptors (Lipinski definition) is 3. The van der Waals surface area contributed by atoms with Crippen LogP contribution in [0.3, 0.4) is 0 Å². The monoisotopic (exact) mass is 297 g/mol. The highest BCUT2D eigenvalue weighted by molar-refractivity contribution is 5.87. The summed E-state index contributed by atoms with van der Waals surface area (Å²) in [5.74, 6) is -0.269. The molecule has 5 heteroatoms. The number of piperidine rings is 1. The van der Waals surface area contributed by atoms with Gasteiger partial charge in [0.15, 0.2) is 0 Å². The predicted octanol–water partition coefficient (Wildman–Crippen LogP) is 1.50. The SMILES string of the molecule is NC(=O)C1CCN(C(=O)Cc2cccc3cccnc23)CC1. The highest BCUT2D eigenvalue weighted by atomic mass is 16.2. The fourth-order valence-electron chi connectivity index (χ4n) is 3.00. The van der Waals surface area contributed by atoms with Crippen molar-refractivity contribution in [3.63, 3.8) is 0 Å². The number of carbonyl (C=O) groups excluding carboxylic acids is 2. The van der Waals surface area contributed by atoms with Crippen molar-refractivity contribution in [1.29, 1.82) is 0 Å². The zero-order valence-electron chi connectivity index (χ0n) is 12.4. The summed E-state index contributed by atoms with van der Waals surface area (Å²) in [6, 6.07) is 9.78. The number of fused-ring (bicyclic) bond motifs is 1. The molecule has 1 aliphatic rings. The summed E-state index contributed by atoms with van der Waals surface area (Å²) in [5, 5.41) is 1.04. The number of likely N-dealkylation sites (tertiary alicyclic amines) is 1. The minimum absolute atomic E-state index is 0.0843. The molecular weight excluding hydrogens is 278 g/mol. The van der Waals surface area contributed by atoms with Crippen LogP contribution < -0.4 is 5.73 Å². The van der Waals surface area contributed by atoms with E-state index in [0.29, 0.717) is 32.4 Å². The standard InChI is InChI=1S/C17H19N3O2/c18-17(22)13-6-9-20(10-7-13)15(21)11-14-4-1-3-12-5-2-8-19-16(12)14/h1-5,8,13H,6-7,9-11H2,(H2,18,22). The molecule has 0 radical (unpaired) electrons. The first kappa shape index (κ1) is 14.5. The van der Waals surface area contributed by atoms with Crippen molar-refractivity contribution in [3.05, 3.63) is 42.1 Å². The molecule has 5 nitrogen and oxygen atoms in total. The number of para-hydroxylation sites is 1. The van der Waals surface area contributed by atoms with E-state index in [1.807, 2.05) is 35.2 Å². The lowest BCUT2D eigenvalue weighted by Crippen LogP contribution is -2.42. The van der Waals surface area contributed by atoms with Gasteiger partial charge < -0.3 is 10.6 Å². The van der Waals surface area contributed by atoms with E-state index in [9.17, 15) is 9.59 Å². The molecule has 1 aromatic carbocycles. The van der Waals surface area contributed by atoms with Crippen LogP contribution in [0.1, 0.15) is 18.4 Å². The molecule has 2 heterocycles. The molecule has 0 saturated carbocycles. The second-order valence-corrected chi connectivity index (χ2v) is 5.73. The average Bonchev–Trinajstić information content (AvgIpc) is 2.55. The van der Waals surface area contributed by atoms with Crippen molar-refractivity contribution >= 4 is 22.7 Å². The third-order valence-corrected chi connectivity index (χ3v) is 4.31. The molecule has 0 aliphatic carbocycles. The number of nitrogens with two attached hydrogens (primary N) is 1. The van der Waals surface area contributed by atoms with E-state index >= 15 is 0 Å². The van der Waals surface area contributed by atoms with Crippen LogP contribution in [0.15, 0.2) is 36.5 Å². The van der Waals surface area contributed by atoms with E-state index in [0.717, 1.165) is 16.5 Å². The normalized spacial score (nSPS) is 15.9. The number of amides is 2. The van der Waals surface area contributed by atoms with Gasteiger partial charge in [-0.05, 0) is 24.5 Å². The van der Waals surface area contributed by atoms with Crippen LogP contribution in [0.2, 0.25) is 0 Å². The Hall–Kier alpha value is -2.43. The molecule has 1 fully saturated rings. The van der Waals surface area contributed by atoms with E-state index < -0.39 is 0 Å². The van der Waals surface area contributed by atoms with Gasteiger partial charge in [0, 0.05) is 30.6 Å². The number of rotatable bonds is 3. The van der Waals surface area contributed by atoms with Crippen molar-refractivity contribution in [3.8, 4) is 0 Å². The first-order chi connectivity index (χ1) is 10.6. The number of pyridine rings is 1. The molecule has 2 N–H and O–H groups in total. The quantitative estimate of drug-likeness (QED) is 0.932. The van der Waals surface area contributed by atoms with E-state index in [1.54, 1.807) is 6.20 Å². The summed E-state index contributed by atoms with van der Waals surface area (Å²) in [6.45, 7) is 1.20. The Morgan fingerprint density at radius 3 is 2.64 bits per heavy atom. The fourth-order valence-corrected chi connectivity index (χ4v) is 3.00. The maximum Gasteiger partial charge on any atom is 0.227 e. The third kappa shape index (κ3) is 2.93. The number of nitrogens with zero attached hydrogens (tertiary/aromatic N) is 2. The summed E-state index contributed by atoms with van der Waals surface area (Å²) in [4.78, 5) is 29.9. The first-order valence-electron chi connectivity index (χ1n) is 7.55. The van der Waals surface area contributed by atoms with Gasteiger partial charge in [-0.3, -0.25) is 14.6 Å². The summed E-state index contributed by atoms with van der Waals surface area (Å²) in [7, 11) is 0. The minimum atomic E-state index is -0.259. The molecule has 114 valence electrons. The second kappa shape index (κ2) is 6.13. The van der Waals surface area contributed by atoms with Gasteiger partial charge in [0.05, 0.1) is 11.9 Å². The van der Waals surface area contributed by atoms with E-state index in [4.69, 9.17) is 5.73 Å². The number of carbonyl (C=O) groups is 2. The molecule has 2 aromatic rings. The number of aromatic nitrogens is 1. The number of hydrogen-bond donors (Lipinski definition) is 1. The Bertz CT molecular complexity index is 701. The maximum absolute atomic E-state index is 12.5. The smallest absolute Gasteiger partial charge is 0.227 e. The number of primary amides is 1. The highest BCUT2D eigenvalue weighted by Crippen LogP contribution is 2.20. The van der Waals surface area contributed by atoms with Gasteiger partial charge in [-0.2, -0.15) is 0 Å². The fraction of sp³-hybridized carbons (Fsp3) is 0.353. The van der Waals surface area contributed by atoms with Crippen LogP contribution in [0, 0.1) is 5.92 Å². The largest absolute Gasteiger partial charge is 0.369 e. The zero-order valence-corrected chi connectivity index (χ0v) is 12.4. The predicted molar refractivity (Wildman–Crippen MR) is 83.9 cm³/mol. The molecule has 1 saturated heterocycles. The highest BCUT2D eigenvalue weighted by Gasteiger charge is 2.26. The van der Waals surface area contributed by atoms with Gasteiger partial charge in [-0.25, -0.2) is 0 Å². The van der Waals surface area contributed by atoms with Crippen molar-refractivity contribution in [1.82, 2.24) is 9.88 Å². The summed E-state index contributed by atoms with van der Waals surface area (Å²) in [5.41, 5.74) is 7.15. The second-order valence-electron chi connectivity index (χ2n) is 5.73. The molecule has 2 amide bonds. The Morgan fingerprint density at radius 1 is 1.18 bits per heavy atom. The molecule has 0 unspecified atom stereocenters. The molecule has 0 spiro atoms. The van der Waals surface area contributed by atoms with Crippen LogP contribution in [0.25, 0.3) is 10.9 Å². The average molecular weight is 297 g/mol. The van der Waals surface area contributed by atoms with Crippen molar-refractivity contribution in [2.45, 2.75) is 19.3 Å². The first-order valence-corrected chi connectivity index (χ1v) is 7.55. The summed E-state index contributed by atoms with van der Waals surface area (Å²) < 4.78 is 0. The lowest BCUT2D eigenvalue weighted by atomic mass is 9.96. The topological polar surface area (TPSA) is 76.3 Å². The van der Waals surface area contributed by atoms with Crippen molar-refractivity contribution in [2.24, 2.45) is 11.7 Å². The Morgan fingerprint density at radius 2 is 1.91 bits per heavy atom. The van der Waals surface area contributed by atoms with Crippen LogP contribution in [0.5, 0.6) is 0 Å². The molecule has 1 aromatic heterocycles. The van der Waals surface area contributed by atoms with Crippen LogP contribution >= 0.6 is 0 Å². The van der Waals surface area contributed by atoms with Crippen LogP contribution in [-0.4, -0.2) is 34.8 Å². The molecule has 0 atom stereocenters. The molecule has 3 rings (SSSR count). The van der Waals surface area contributed by atoms with Gasteiger partial charge in [-0.1, -0.05) is 24.3 Å². The van der Waals surface area contributed by atoms with Crippen molar-refractivity contribution in [2.75, 3.05) is 13.1 Å². The van der Waals surface area contributed by atoms with Gasteiger partial charge in [0.25, 0.3) is 0 Å². The lowest BCUT2D eigenvalue weighted by Gasteiger charge is -2.30. The maximum atomic E-state index is 12.5. The van der Waals surface area contributed by atoms with Gasteiger partial charge in [-0.15, -0.1) is 0 Å². The molecule has 22 heavy (non-hydrogen) atoms. The zero-order chi connectivity index (χ0) is 15.5.